The highest BCUT2D eigenvalue weighted by atomic mass is 35.5. The molecule has 0 spiro atoms. The highest BCUT2D eigenvalue weighted by Crippen LogP contribution is 2.10. The number of halogens is 1. The fourth-order valence-electron chi connectivity index (χ4n) is 1.84. The first-order valence-electron chi connectivity index (χ1n) is 6.26. The molecule has 0 aliphatic rings. The van der Waals surface area contributed by atoms with Crippen LogP contribution in [-0.2, 0) is 24.5 Å². The van der Waals surface area contributed by atoms with Crippen molar-refractivity contribution in [2.24, 2.45) is 0 Å². The summed E-state index contributed by atoms with van der Waals surface area (Å²) in [5.74, 6) is 0. The summed E-state index contributed by atoms with van der Waals surface area (Å²) < 4.78 is 6.68. The van der Waals surface area contributed by atoms with E-state index in [0.29, 0.717) is 18.6 Å². The number of H-pyrrole nitrogens is 1. The molecule has 0 bridgehead atoms. The van der Waals surface area contributed by atoms with E-state index in [2.05, 4.69) is 4.98 Å². The lowest BCUT2D eigenvalue weighted by molar-refractivity contribution is 0.0608. The third-order valence-electron chi connectivity index (χ3n) is 2.91. The van der Waals surface area contributed by atoms with E-state index in [9.17, 15) is 9.59 Å². The van der Waals surface area contributed by atoms with Crippen molar-refractivity contribution in [1.29, 1.82) is 0 Å². The quantitative estimate of drug-likeness (QED) is 0.857. The van der Waals surface area contributed by atoms with E-state index in [1.165, 1.54) is 4.57 Å². The van der Waals surface area contributed by atoms with Gasteiger partial charge >= 0.3 is 5.69 Å². The lowest BCUT2D eigenvalue weighted by atomic mass is 10.2. The average molecular weight is 295 g/mol. The molecule has 5 nitrogen and oxygen atoms in total. The van der Waals surface area contributed by atoms with E-state index in [1.807, 2.05) is 30.3 Å². The Kier molecular flexibility index (Phi) is 4.76. The van der Waals surface area contributed by atoms with Crippen LogP contribution >= 0.6 is 11.6 Å². The molecule has 1 heterocycles. The Labute approximate surface area is 120 Å². The molecule has 0 atom stereocenters. The standard InChI is InChI=1S/C14H15ClN2O3/c1-2-11-12(15)17(14(19)16-13(11)18)9-20-8-10-6-4-3-5-7-10/h3-7H,2,8-9H2,1H3,(H,16,18,19). The van der Waals surface area contributed by atoms with Gasteiger partial charge in [-0.1, -0.05) is 48.9 Å². The maximum Gasteiger partial charge on any atom is 0.331 e. The summed E-state index contributed by atoms with van der Waals surface area (Å²) in [7, 11) is 0. The van der Waals surface area contributed by atoms with Crippen molar-refractivity contribution >= 4 is 11.6 Å². The second-order valence-corrected chi connectivity index (χ2v) is 4.63. The number of nitrogens with one attached hydrogen (secondary N) is 1. The van der Waals surface area contributed by atoms with E-state index in [0.717, 1.165) is 5.56 Å². The maximum absolute atomic E-state index is 11.7. The second kappa shape index (κ2) is 6.54. The van der Waals surface area contributed by atoms with Gasteiger partial charge in [-0.3, -0.25) is 14.3 Å². The van der Waals surface area contributed by atoms with Gasteiger partial charge in [-0.25, -0.2) is 4.79 Å². The van der Waals surface area contributed by atoms with Crippen LogP contribution in [0.3, 0.4) is 0 Å². The summed E-state index contributed by atoms with van der Waals surface area (Å²) in [6.45, 7) is 2.16. The molecule has 0 unspecified atom stereocenters. The van der Waals surface area contributed by atoms with Crippen LogP contribution in [0.1, 0.15) is 18.1 Å². The van der Waals surface area contributed by atoms with Gasteiger partial charge in [-0.15, -0.1) is 0 Å². The van der Waals surface area contributed by atoms with E-state index in [1.54, 1.807) is 6.92 Å². The maximum atomic E-state index is 11.7. The van der Waals surface area contributed by atoms with Crippen molar-refractivity contribution in [2.45, 2.75) is 26.7 Å². The third-order valence-corrected chi connectivity index (χ3v) is 3.34. The Bertz CT molecular complexity index is 692. The van der Waals surface area contributed by atoms with Crippen LogP contribution in [0.4, 0.5) is 0 Å². The zero-order valence-corrected chi connectivity index (χ0v) is 11.8. The summed E-state index contributed by atoms with van der Waals surface area (Å²) in [5.41, 5.74) is 0.374. The molecule has 106 valence electrons. The SMILES string of the molecule is CCc1c(Cl)n(COCc2ccccc2)c(=O)[nH]c1=O. The number of nitrogens with zero attached hydrogens (tertiary/aromatic N) is 1. The Hall–Kier alpha value is -1.85. The molecule has 2 aromatic rings. The van der Waals surface area contributed by atoms with Crippen LogP contribution in [0.25, 0.3) is 0 Å². The van der Waals surface area contributed by atoms with Crippen molar-refractivity contribution < 1.29 is 4.74 Å². The smallest absolute Gasteiger partial charge is 0.331 e. The van der Waals surface area contributed by atoms with E-state index >= 15 is 0 Å². The Morgan fingerprint density at radius 1 is 1.25 bits per heavy atom. The Morgan fingerprint density at radius 2 is 1.95 bits per heavy atom. The predicted molar refractivity (Wildman–Crippen MR) is 76.9 cm³/mol. The van der Waals surface area contributed by atoms with Crippen LogP contribution in [0.15, 0.2) is 39.9 Å². The van der Waals surface area contributed by atoms with E-state index in [-0.39, 0.29) is 11.9 Å². The first-order valence-corrected chi connectivity index (χ1v) is 6.64. The van der Waals surface area contributed by atoms with Gasteiger partial charge in [0.1, 0.15) is 11.9 Å². The first kappa shape index (κ1) is 14.6. The highest BCUT2D eigenvalue weighted by molar-refractivity contribution is 6.30. The zero-order chi connectivity index (χ0) is 14.5. The zero-order valence-electron chi connectivity index (χ0n) is 11.1. The highest BCUT2D eigenvalue weighted by Gasteiger charge is 2.11. The minimum absolute atomic E-state index is 0.00363. The molecule has 6 heteroatoms. The number of aromatic nitrogens is 2. The van der Waals surface area contributed by atoms with Crippen molar-refractivity contribution in [3.63, 3.8) is 0 Å². The van der Waals surface area contributed by atoms with Crippen LogP contribution in [0.2, 0.25) is 5.15 Å². The molecule has 0 fully saturated rings. The second-order valence-electron chi connectivity index (χ2n) is 4.27. The van der Waals surface area contributed by atoms with Gasteiger partial charge in [-0.05, 0) is 12.0 Å². The predicted octanol–water partition coefficient (Wildman–Crippen LogP) is 1.93. The fraction of sp³-hybridized carbons (Fsp3) is 0.286. The van der Waals surface area contributed by atoms with E-state index < -0.39 is 11.2 Å². The van der Waals surface area contributed by atoms with Gasteiger partial charge < -0.3 is 4.74 Å². The van der Waals surface area contributed by atoms with E-state index in [4.69, 9.17) is 16.3 Å². The third kappa shape index (κ3) is 3.18. The molecule has 0 saturated carbocycles. The summed E-state index contributed by atoms with van der Waals surface area (Å²) in [5, 5.41) is 0.134. The van der Waals surface area contributed by atoms with Crippen molar-refractivity contribution in [1.82, 2.24) is 9.55 Å². The number of benzene rings is 1. The molecule has 1 aromatic carbocycles. The minimum atomic E-state index is -0.565. The monoisotopic (exact) mass is 294 g/mol. The van der Waals surface area contributed by atoms with Gasteiger partial charge in [-0.2, -0.15) is 0 Å². The van der Waals surface area contributed by atoms with Gasteiger partial charge in [0, 0.05) is 0 Å². The molecule has 0 aliphatic carbocycles. The molecule has 1 aromatic heterocycles. The van der Waals surface area contributed by atoms with Crippen LogP contribution < -0.4 is 11.2 Å². The minimum Gasteiger partial charge on any atom is -0.356 e. The molecular weight excluding hydrogens is 280 g/mol. The van der Waals surface area contributed by atoms with Gasteiger partial charge in [0.2, 0.25) is 0 Å². The number of hydrogen-bond donors (Lipinski definition) is 1. The van der Waals surface area contributed by atoms with Crippen molar-refractivity contribution in [3.8, 4) is 0 Å². The summed E-state index contributed by atoms with van der Waals surface area (Å²) in [6.07, 6.45) is 0.452. The molecule has 20 heavy (non-hydrogen) atoms. The molecule has 0 aliphatic heterocycles. The fourth-order valence-corrected chi connectivity index (χ4v) is 2.18. The number of hydrogen-bond acceptors (Lipinski definition) is 3. The molecule has 1 N–H and O–H groups in total. The summed E-state index contributed by atoms with van der Waals surface area (Å²) in [4.78, 5) is 25.5. The summed E-state index contributed by atoms with van der Waals surface area (Å²) >= 11 is 6.06. The Balaban J connectivity index is 2.14. The van der Waals surface area contributed by atoms with Gasteiger partial charge in [0.15, 0.2) is 0 Å². The topological polar surface area (TPSA) is 64.1 Å². The average Bonchev–Trinajstić information content (AvgIpc) is 2.44. The molecular formula is C14H15ClN2O3. The van der Waals surface area contributed by atoms with Gasteiger partial charge in [0.05, 0.1) is 12.2 Å². The van der Waals surface area contributed by atoms with Crippen LogP contribution in [0.5, 0.6) is 0 Å². The first-order chi connectivity index (χ1) is 9.63. The van der Waals surface area contributed by atoms with Crippen molar-refractivity contribution in [3.05, 3.63) is 67.4 Å². The molecule has 0 amide bonds. The molecule has 0 radical (unpaired) electrons. The number of ether oxygens (including phenoxy) is 1. The van der Waals surface area contributed by atoms with Crippen LogP contribution in [-0.4, -0.2) is 9.55 Å². The number of rotatable bonds is 5. The van der Waals surface area contributed by atoms with Crippen LogP contribution in [0, 0.1) is 0 Å². The Morgan fingerprint density at radius 3 is 2.60 bits per heavy atom. The normalized spacial score (nSPS) is 10.7. The largest absolute Gasteiger partial charge is 0.356 e. The lowest BCUT2D eigenvalue weighted by Gasteiger charge is -2.11. The lowest BCUT2D eigenvalue weighted by Crippen LogP contribution is -2.33. The molecule has 0 saturated heterocycles. The van der Waals surface area contributed by atoms with Gasteiger partial charge in [0.25, 0.3) is 5.56 Å². The summed E-state index contributed by atoms with van der Waals surface area (Å²) in [6, 6.07) is 9.59. The number of aromatic amines is 1. The molecule has 2 rings (SSSR count). The van der Waals surface area contributed by atoms with Crippen molar-refractivity contribution in [2.75, 3.05) is 0 Å².